The van der Waals surface area contributed by atoms with Crippen LogP contribution in [0.15, 0.2) is 174 Å². The van der Waals surface area contributed by atoms with Crippen molar-refractivity contribution in [3.8, 4) is 38.9 Å². The quantitative estimate of drug-likeness (QED) is 0.191. The number of thiophene rings is 1. The summed E-state index contributed by atoms with van der Waals surface area (Å²) in [6.45, 7) is 0. The van der Waals surface area contributed by atoms with Crippen molar-refractivity contribution in [2.75, 3.05) is 0 Å². The number of fused-ring (bicyclic) bond motifs is 3. The number of hydrogen-bond donors (Lipinski definition) is 1. The Balaban J connectivity index is 1.15. The molecule has 1 unspecified atom stereocenters. The zero-order valence-electron chi connectivity index (χ0n) is 27.4. The van der Waals surface area contributed by atoms with Crippen molar-refractivity contribution < 1.29 is 0 Å². The first-order valence-electron chi connectivity index (χ1n) is 16.8. The number of amidine groups is 2. The van der Waals surface area contributed by atoms with Crippen molar-refractivity contribution in [1.29, 1.82) is 5.26 Å². The molecule has 0 spiro atoms. The van der Waals surface area contributed by atoms with Gasteiger partial charge in [-0.2, -0.15) is 5.26 Å². The van der Waals surface area contributed by atoms with Crippen LogP contribution < -0.4 is 5.32 Å². The van der Waals surface area contributed by atoms with E-state index < -0.39 is 0 Å². The molecular weight excluding hydrogens is 643 g/mol. The number of nitrogens with zero attached hydrogens (tertiary/aromatic N) is 4. The summed E-state index contributed by atoms with van der Waals surface area (Å²) in [7, 11) is 0. The van der Waals surface area contributed by atoms with E-state index in [0.29, 0.717) is 11.4 Å². The lowest BCUT2D eigenvalue weighted by molar-refractivity contribution is 0.674. The lowest BCUT2D eigenvalue weighted by Crippen LogP contribution is -2.33. The van der Waals surface area contributed by atoms with Gasteiger partial charge in [-0.1, -0.05) is 146 Å². The van der Waals surface area contributed by atoms with Crippen LogP contribution in [-0.2, 0) is 0 Å². The molecule has 51 heavy (non-hydrogen) atoms. The van der Waals surface area contributed by atoms with Crippen molar-refractivity contribution in [3.63, 3.8) is 0 Å². The monoisotopic (exact) mass is 671 g/mol. The second-order valence-electron chi connectivity index (χ2n) is 12.4. The molecule has 2 aromatic heterocycles. The fourth-order valence-corrected chi connectivity index (χ4v) is 7.99. The van der Waals surface area contributed by atoms with E-state index in [-0.39, 0.29) is 6.17 Å². The molecule has 9 rings (SSSR count). The van der Waals surface area contributed by atoms with Gasteiger partial charge in [-0.3, -0.25) is 0 Å². The van der Waals surface area contributed by atoms with Gasteiger partial charge >= 0.3 is 0 Å². The van der Waals surface area contributed by atoms with Gasteiger partial charge in [-0.25, -0.2) is 15.0 Å². The largest absolute Gasteiger partial charge is 0.344 e. The Labute approximate surface area is 299 Å². The topological polar surface area (TPSA) is 73.4 Å². The summed E-state index contributed by atoms with van der Waals surface area (Å²) in [5, 5.41) is 16.2. The minimum atomic E-state index is -0.274. The third kappa shape index (κ3) is 5.66. The van der Waals surface area contributed by atoms with Gasteiger partial charge in [-0.05, 0) is 40.5 Å². The van der Waals surface area contributed by atoms with E-state index in [9.17, 15) is 5.26 Å². The van der Waals surface area contributed by atoms with E-state index in [4.69, 9.17) is 15.0 Å². The molecule has 0 bridgehead atoms. The Morgan fingerprint density at radius 3 is 1.90 bits per heavy atom. The highest BCUT2D eigenvalue weighted by molar-refractivity contribution is 7.23. The lowest BCUT2D eigenvalue weighted by atomic mass is 9.97. The second kappa shape index (κ2) is 13.0. The zero-order chi connectivity index (χ0) is 34.1. The second-order valence-corrected chi connectivity index (χ2v) is 13.4. The number of para-hydroxylation sites is 1. The maximum absolute atomic E-state index is 10.7. The van der Waals surface area contributed by atoms with Gasteiger partial charge in [0, 0.05) is 32.2 Å². The smallest absolute Gasteiger partial charge is 0.159 e. The number of hydrogen-bond acceptors (Lipinski definition) is 6. The molecule has 1 atom stereocenters. The van der Waals surface area contributed by atoms with Crippen LogP contribution in [-0.4, -0.2) is 16.7 Å². The lowest BCUT2D eigenvalue weighted by Gasteiger charge is -2.23. The molecule has 0 amide bonds. The van der Waals surface area contributed by atoms with Crippen molar-refractivity contribution >= 4 is 44.0 Å². The molecule has 0 aliphatic carbocycles. The number of aliphatic imine (C=N–C) groups is 2. The molecule has 0 radical (unpaired) electrons. The van der Waals surface area contributed by atoms with Crippen LogP contribution in [0.4, 0.5) is 0 Å². The van der Waals surface area contributed by atoms with E-state index in [2.05, 4.69) is 102 Å². The molecule has 0 fully saturated rings. The minimum absolute atomic E-state index is 0.274. The SMILES string of the molecule is N#Cc1c(-c2cccc(-c3cccc(C4=NC(c5ccccc5)NC(c5ccccc5)=N4)c3)c2)sc2c1c(-c1ccccc1)nc1ccccc12. The van der Waals surface area contributed by atoms with Gasteiger partial charge in [0.15, 0.2) is 5.84 Å². The average molecular weight is 672 g/mol. The average Bonchev–Trinajstić information content (AvgIpc) is 3.62. The summed E-state index contributed by atoms with van der Waals surface area (Å²) >= 11 is 1.66. The van der Waals surface area contributed by atoms with Crippen LogP contribution in [0.5, 0.6) is 0 Å². The van der Waals surface area contributed by atoms with E-state index >= 15 is 0 Å². The summed E-state index contributed by atoms with van der Waals surface area (Å²) < 4.78 is 1.07. The first-order chi connectivity index (χ1) is 25.2. The maximum atomic E-state index is 10.7. The molecule has 0 saturated heterocycles. The van der Waals surface area contributed by atoms with Crippen LogP contribution >= 0.6 is 11.3 Å². The molecule has 1 aliphatic heterocycles. The Kier molecular flexibility index (Phi) is 7.73. The number of aromatic nitrogens is 1. The maximum Gasteiger partial charge on any atom is 0.159 e. The molecular formula is C45H29N5S. The normalized spacial score (nSPS) is 14.1. The number of nitriles is 1. The third-order valence-corrected chi connectivity index (χ3v) is 10.4. The third-order valence-electron chi connectivity index (χ3n) is 9.17. The van der Waals surface area contributed by atoms with Crippen molar-refractivity contribution in [3.05, 3.63) is 186 Å². The Hall–Kier alpha value is -6.68. The first kappa shape index (κ1) is 30.4. The molecule has 3 heterocycles. The molecule has 1 N–H and O–H groups in total. The molecule has 240 valence electrons. The van der Waals surface area contributed by atoms with Crippen LogP contribution in [0, 0.1) is 11.3 Å². The Morgan fingerprint density at radius 2 is 1.18 bits per heavy atom. The van der Waals surface area contributed by atoms with Gasteiger partial charge in [0.05, 0.1) is 21.7 Å². The highest BCUT2D eigenvalue weighted by atomic mass is 32.1. The standard InChI is InChI=1S/C45H29N5S/c46-28-37-39-40(29-14-4-1-5-15-29)47-38-25-11-10-24-36(38)42(39)51-41(37)34-22-12-20-32(26-34)33-21-13-23-35(27-33)45-49-43(30-16-6-2-7-17-30)48-44(50-45)31-18-8-3-9-19-31/h1-27,43H,(H,48,49,50). The van der Waals surface area contributed by atoms with Crippen LogP contribution in [0.3, 0.4) is 0 Å². The number of pyridine rings is 1. The van der Waals surface area contributed by atoms with E-state index in [0.717, 1.165) is 76.3 Å². The molecule has 6 heteroatoms. The molecule has 5 nitrogen and oxygen atoms in total. The number of rotatable bonds is 6. The Bertz CT molecular complexity index is 2670. The van der Waals surface area contributed by atoms with Crippen molar-refractivity contribution in [2.45, 2.75) is 6.17 Å². The number of nitrogens with one attached hydrogen (secondary N) is 1. The Morgan fingerprint density at radius 1 is 0.588 bits per heavy atom. The van der Waals surface area contributed by atoms with Crippen LogP contribution in [0.1, 0.15) is 28.4 Å². The summed E-state index contributed by atoms with van der Waals surface area (Å²) in [5.74, 6) is 1.45. The zero-order valence-corrected chi connectivity index (χ0v) is 28.2. The van der Waals surface area contributed by atoms with Gasteiger partial charge in [0.2, 0.25) is 0 Å². The summed E-state index contributed by atoms with van der Waals surface area (Å²) in [6.07, 6.45) is -0.274. The van der Waals surface area contributed by atoms with Gasteiger partial charge < -0.3 is 5.32 Å². The molecule has 0 saturated carbocycles. The summed E-state index contributed by atoms with van der Waals surface area (Å²) in [5.41, 5.74) is 9.47. The van der Waals surface area contributed by atoms with E-state index in [1.807, 2.05) is 72.8 Å². The predicted octanol–water partition coefficient (Wildman–Crippen LogP) is 10.8. The summed E-state index contributed by atoms with van der Waals surface area (Å²) in [6, 6.07) is 58.2. The predicted molar refractivity (Wildman–Crippen MR) is 210 cm³/mol. The highest BCUT2D eigenvalue weighted by Crippen LogP contribution is 2.45. The highest BCUT2D eigenvalue weighted by Gasteiger charge is 2.23. The van der Waals surface area contributed by atoms with Crippen LogP contribution in [0.25, 0.3) is 53.8 Å². The fraction of sp³-hybridized carbons (Fsp3) is 0.0222. The molecule has 6 aromatic carbocycles. The van der Waals surface area contributed by atoms with E-state index in [1.165, 1.54) is 0 Å². The van der Waals surface area contributed by atoms with Crippen LogP contribution in [0.2, 0.25) is 0 Å². The van der Waals surface area contributed by atoms with Crippen molar-refractivity contribution in [1.82, 2.24) is 10.3 Å². The molecule has 1 aliphatic rings. The van der Waals surface area contributed by atoms with Gasteiger partial charge in [-0.15, -0.1) is 11.3 Å². The number of benzene rings is 6. The summed E-state index contributed by atoms with van der Waals surface area (Å²) in [4.78, 5) is 16.1. The van der Waals surface area contributed by atoms with Gasteiger partial charge in [0.25, 0.3) is 0 Å². The first-order valence-corrected chi connectivity index (χ1v) is 17.6. The minimum Gasteiger partial charge on any atom is -0.344 e. The van der Waals surface area contributed by atoms with Gasteiger partial charge in [0.1, 0.15) is 18.1 Å². The van der Waals surface area contributed by atoms with E-state index in [1.54, 1.807) is 11.3 Å². The molecule has 8 aromatic rings. The van der Waals surface area contributed by atoms with Crippen molar-refractivity contribution in [2.24, 2.45) is 9.98 Å². The fourth-order valence-electron chi connectivity index (χ4n) is 6.71.